The molecule has 0 unspecified atom stereocenters. The first-order valence-corrected chi connectivity index (χ1v) is 12.4. The average Bonchev–Trinajstić information content (AvgIpc) is 3.08. The molecule has 0 radical (unpaired) electrons. The van der Waals surface area contributed by atoms with E-state index in [1.807, 2.05) is 0 Å². The van der Waals surface area contributed by atoms with Gasteiger partial charge < -0.3 is 0 Å². The van der Waals surface area contributed by atoms with Crippen molar-refractivity contribution in [2.45, 2.75) is 60.3 Å². The third-order valence-corrected chi connectivity index (χ3v) is 7.21. The van der Waals surface area contributed by atoms with Crippen LogP contribution in [0.1, 0.15) is 58.4 Å². The standard InChI is InChI=1S/C29H31N3S/c1-17-8-10-19-13-20(14-22(24(19)32-17)29(5,6)7)25-27-26(31-16-30-25)21-11-9-18(12-23(21)33-27)15-28(2,3)4/h8-14,16H,15H2,1-7H3. The van der Waals surface area contributed by atoms with Crippen molar-refractivity contribution in [3.05, 3.63) is 65.6 Å². The van der Waals surface area contributed by atoms with Crippen molar-refractivity contribution < 1.29 is 0 Å². The summed E-state index contributed by atoms with van der Waals surface area (Å²) in [5.41, 5.74) is 8.16. The second kappa shape index (κ2) is 7.59. The Balaban J connectivity index is 1.74. The zero-order valence-electron chi connectivity index (χ0n) is 20.6. The van der Waals surface area contributed by atoms with Gasteiger partial charge >= 0.3 is 0 Å². The molecule has 0 amide bonds. The van der Waals surface area contributed by atoms with Crippen LogP contribution in [0.25, 0.3) is 42.5 Å². The first-order chi connectivity index (χ1) is 15.5. The van der Waals surface area contributed by atoms with Gasteiger partial charge in [0.1, 0.15) is 6.33 Å². The number of fused-ring (bicyclic) bond motifs is 4. The smallest absolute Gasteiger partial charge is 0.116 e. The quantitative estimate of drug-likeness (QED) is 0.270. The highest BCUT2D eigenvalue weighted by molar-refractivity contribution is 7.26. The summed E-state index contributed by atoms with van der Waals surface area (Å²) in [7, 11) is 0. The summed E-state index contributed by atoms with van der Waals surface area (Å²) in [5, 5.41) is 2.37. The van der Waals surface area contributed by atoms with E-state index in [9.17, 15) is 0 Å². The molecule has 0 atom stereocenters. The molecule has 0 fully saturated rings. The van der Waals surface area contributed by atoms with Gasteiger partial charge in [-0.2, -0.15) is 0 Å². The number of aryl methyl sites for hydroxylation is 1. The van der Waals surface area contributed by atoms with Gasteiger partial charge in [0.25, 0.3) is 0 Å². The van der Waals surface area contributed by atoms with E-state index in [0.717, 1.165) is 44.5 Å². The second-order valence-electron chi connectivity index (χ2n) is 11.4. The number of rotatable bonds is 2. The van der Waals surface area contributed by atoms with Crippen molar-refractivity contribution in [1.82, 2.24) is 15.0 Å². The van der Waals surface area contributed by atoms with Gasteiger partial charge in [-0.1, -0.05) is 59.7 Å². The van der Waals surface area contributed by atoms with Gasteiger partial charge in [0.15, 0.2) is 0 Å². The average molecular weight is 454 g/mol. The molecule has 33 heavy (non-hydrogen) atoms. The first-order valence-electron chi connectivity index (χ1n) is 11.6. The fourth-order valence-corrected chi connectivity index (χ4v) is 5.82. The minimum absolute atomic E-state index is 0.0246. The van der Waals surface area contributed by atoms with E-state index in [4.69, 9.17) is 15.0 Å². The highest BCUT2D eigenvalue weighted by Crippen LogP contribution is 2.40. The Labute approximate surface area is 199 Å². The molecule has 0 spiro atoms. The van der Waals surface area contributed by atoms with E-state index >= 15 is 0 Å². The number of thiophene rings is 1. The molecule has 3 nitrogen and oxygen atoms in total. The van der Waals surface area contributed by atoms with Crippen molar-refractivity contribution in [3.8, 4) is 11.3 Å². The zero-order valence-corrected chi connectivity index (χ0v) is 21.4. The fraction of sp³-hybridized carbons (Fsp3) is 0.345. The predicted octanol–water partition coefficient (Wildman–Crippen LogP) is 8.25. The second-order valence-corrected chi connectivity index (χ2v) is 12.4. The highest BCUT2D eigenvalue weighted by atomic mass is 32.1. The molecule has 0 aliphatic rings. The van der Waals surface area contributed by atoms with Crippen LogP contribution in [0, 0.1) is 12.3 Å². The Morgan fingerprint density at radius 2 is 1.64 bits per heavy atom. The minimum atomic E-state index is -0.0246. The molecule has 0 saturated carbocycles. The zero-order chi connectivity index (χ0) is 23.5. The van der Waals surface area contributed by atoms with Crippen molar-refractivity contribution in [2.24, 2.45) is 5.41 Å². The summed E-state index contributed by atoms with van der Waals surface area (Å²) >= 11 is 1.80. The Morgan fingerprint density at radius 1 is 0.848 bits per heavy atom. The maximum absolute atomic E-state index is 4.88. The van der Waals surface area contributed by atoms with E-state index in [-0.39, 0.29) is 10.8 Å². The van der Waals surface area contributed by atoms with Crippen molar-refractivity contribution >= 4 is 42.5 Å². The number of hydrogen-bond acceptors (Lipinski definition) is 4. The molecule has 0 saturated heterocycles. The van der Waals surface area contributed by atoms with Crippen LogP contribution < -0.4 is 0 Å². The molecule has 3 aromatic heterocycles. The normalized spacial score (nSPS) is 12.8. The van der Waals surface area contributed by atoms with Gasteiger partial charge in [0.2, 0.25) is 0 Å². The monoisotopic (exact) mass is 453 g/mol. The molecule has 2 aromatic carbocycles. The topological polar surface area (TPSA) is 38.7 Å². The van der Waals surface area contributed by atoms with Crippen molar-refractivity contribution in [2.75, 3.05) is 0 Å². The van der Waals surface area contributed by atoms with Crippen LogP contribution in [0.2, 0.25) is 0 Å². The number of pyridine rings is 1. The van der Waals surface area contributed by atoms with E-state index in [0.29, 0.717) is 0 Å². The minimum Gasteiger partial charge on any atom is -0.253 e. The summed E-state index contributed by atoms with van der Waals surface area (Å²) in [6, 6.07) is 15.6. The van der Waals surface area contributed by atoms with E-state index in [1.54, 1.807) is 17.7 Å². The maximum atomic E-state index is 4.88. The molecule has 168 valence electrons. The maximum Gasteiger partial charge on any atom is 0.116 e. The SMILES string of the molecule is Cc1ccc2cc(-c3ncnc4c3sc3cc(CC(C)(C)C)ccc34)cc(C(C)(C)C)c2n1. The third-order valence-electron chi connectivity index (χ3n) is 6.06. The van der Waals surface area contributed by atoms with Crippen LogP contribution in [0.15, 0.2) is 48.8 Å². The third kappa shape index (κ3) is 4.13. The van der Waals surface area contributed by atoms with Crippen LogP contribution >= 0.6 is 11.3 Å². The van der Waals surface area contributed by atoms with Gasteiger partial charge in [-0.25, -0.2) is 9.97 Å². The number of aromatic nitrogens is 3. The Morgan fingerprint density at radius 3 is 2.36 bits per heavy atom. The van der Waals surface area contributed by atoms with Crippen LogP contribution in [0.5, 0.6) is 0 Å². The van der Waals surface area contributed by atoms with Gasteiger partial charge in [0, 0.05) is 26.7 Å². The molecular weight excluding hydrogens is 422 g/mol. The molecule has 5 rings (SSSR count). The summed E-state index contributed by atoms with van der Waals surface area (Å²) in [5.74, 6) is 0. The van der Waals surface area contributed by atoms with Crippen molar-refractivity contribution in [3.63, 3.8) is 0 Å². The Bertz CT molecular complexity index is 1510. The lowest BCUT2D eigenvalue weighted by molar-refractivity contribution is 0.411. The predicted molar refractivity (Wildman–Crippen MR) is 142 cm³/mol. The largest absolute Gasteiger partial charge is 0.253 e. The van der Waals surface area contributed by atoms with Gasteiger partial charge in [-0.05, 0) is 59.6 Å². The molecule has 0 bridgehead atoms. The first kappa shape index (κ1) is 22.0. The van der Waals surface area contributed by atoms with Gasteiger partial charge in [-0.15, -0.1) is 11.3 Å². The molecular formula is C29H31N3S. The molecule has 0 aliphatic heterocycles. The lowest BCUT2D eigenvalue weighted by Crippen LogP contribution is -2.13. The molecule has 0 N–H and O–H groups in total. The lowest BCUT2D eigenvalue weighted by atomic mass is 9.84. The summed E-state index contributed by atoms with van der Waals surface area (Å²) in [6.07, 6.45) is 2.77. The molecule has 3 heterocycles. The van der Waals surface area contributed by atoms with E-state index in [2.05, 4.69) is 90.9 Å². The lowest BCUT2D eigenvalue weighted by Gasteiger charge is -2.22. The van der Waals surface area contributed by atoms with Crippen LogP contribution in [-0.2, 0) is 11.8 Å². The van der Waals surface area contributed by atoms with Crippen LogP contribution in [-0.4, -0.2) is 15.0 Å². The molecule has 0 aliphatic carbocycles. The van der Waals surface area contributed by atoms with Crippen LogP contribution in [0.3, 0.4) is 0 Å². The molecule has 4 heteroatoms. The van der Waals surface area contributed by atoms with E-state index in [1.165, 1.54) is 21.2 Å². The molecule has 5 aromatic rings. The highest BCUT2D eigenvalue weighted by Gasteiger charge is 2.22. The van der Waals surface area contributed by atoms with Gasteiger partial charge in [0.05, 0.1) is 21.4 Å². The van der Waals surface area contributed by atoms with Crippen molar-refractivity contribution in [1.29, 1.82) is 0 Å². The summed E-state index contributed by atoms with van der Waals surface area (Å²) < 4.78 is 2.43. The Kier molecular flexibility index (Phi) is 5.06. The number of hydrogen-bond donors (Lipinski definition) is 0. The number of benzene rings is 2. The van der Waals surface area contributed by atoms with Crippen LogP contribution in [0.4, 0.5) is 0 Å². The van der Waals surface area contributed by atoms with Gasteiger partial charge in [-0.3, -0.25) is 4.98 Å². The number of nitrogens with zero attached hydrogens (tertiary/aromatic N) is 3. The summed E-state index contributed by atoms with van der Waals surface area (Å²) in [6.45, 7) is 15.7. The Hall–Kier alpha value is -2.85. The fourth-order valence-electron chi connectivity index (χ4n) is 4.59. The van der Waals surface area contributed by atoms with E-state index < -0.39 is 0 Å². The summed E-state index contributed by atoms with van der Waals surface area (Å²) in [4.78, 5) is 14.4.